The first kappa shape index (κ1) is 16.0. The lowest BCUT2D eigenvalue weighted by atomic mass is 10.1. The molecule has 1 atom stereocenters. The van der Waals surface area contributed by atoms with Gasteiger partial charge in [-0.15, -0.1) is 0 Å². The van der Waals surface area contributed by atoms with Crippen molar-refractivity contribution in [1.29, 1.82) is 0 Å². The summed E-state index contributed by atoms with van der Waals surface area (Å²) in [5.74, 6) is -0.139. The van der Waals surface area contributed by atoms with Crippen LogP contribution in [0.5, 0.6) is 0 Å². The van der Waals surface area contributed by atoms with Crippen LogP contribution in [-0.2, 0) is 21.2 Å². The zero-order chi connectivity index (χ0) is 16.6. The summed E-state index contributed by atoms with van der Waals surface area (Å²) in [5, 5.41) is 11.1. The second kappa shape index (κ2) is 5.97. The standard InChI is InChI=1S/C13H16ClN5O3S/c1-23(21,22)11-5-15-17-13(11)9-2-3-18(6-9)12(20)8-19-7-10(14)4-16-19/h4-5,7,9H,2-3,6,8H2,1H3,(H,15,17)/t9-/m0/s1. The van der Waals surface area contributed by atoms with E-state index in [0.29, 0.717) is 30.2 Å². The van der Waals surface area contributed by atoms with Crippen LogP contribution in [0.25, 0.3) is 0 Å². The molecule has 124 valence electrons. The third kappa shape index (κ3) is 3.40. The number of amides is 1. The molecule has 1 fully saturated rings. The van der Waals surface area contributed by atoms with Crippen molar-refractivity contribution in [3.63, 3.8) is 0 Å². The topological polar surface area (TPSA) is 101 Å². The summed E-state index contributed by atoms with van der Waals surface area (Å²) in [5.41, 5.74) is 0.574. The summed E-state index contributed by atoms with van der Waals surface area (Å²) in [4.78, 5) is 14.2. The number of aromatic nitrogens is 4. The molecule has 0 spiro atoms. The molecule has 1 amide bonds. The van der Waals surface area contributed by atoms with E-state index >= 15 is 0 Å². The zero-order valence-electron chi connectivity index (χ0n) is 12.4. The second-order valence-electron chi connectivity index (χ2n) is 5.60. The van der Waals surface area contributed by atoms with Gasteiger partial charge in [0.1, 0.15) is 11.4 Å². The third-order valence-electron chi connectivity index (χ3n) is 3.88. The molecule has 0 aromatic carbocycles. The van der Waals surface area contributed by atoms with Crippen molar-refractivity contribution < 1.29 is 13.2 Å². The van der Waals surface area contributed by atoms with Gasteiger partial charge in [-0.3, -0.25) is 14.6 Å². The highest BCUT2D eigenvalue weighted by atomic mass is 35.5. The predicted molar refractivity (Wildman–Crippen MR) is 82.9 cm³/mol. The minimum atomic E-state index is -3.34. The smallest absolute Gasteiger partial charge is 0.244 e. The minimum Gasteiger partial charge on any atom is -0.340 e. The van der Waals surface area contributed by atoms with Crippen molar-refractivity contribution >= 4 is 27.3 Å². The van der Waals surface area contributed by atoms with Gasteiger partial charge in [-0.25, -0.2) is 8.42 Å². The quantitative estimate of drug-likeness (QED) is 0.867. The van der Waals surface area contributed by atoms with Crippen LogP contribution in [-0.4, -0.2) is 58.5 Å². The molecule has 1 saturated heterocycles. The summed E-state index contributed by atoms with van der Waals surface area (Å²) >= 11 is 5.78. The Morgan fingerprint density at radius 2 is 2.26 bits per heavy atom. The number of H-pyrrole nitrogens is 1. The van der Waals surface area contributed by atoms with E-state index < -0.39 is 9.84 Å². The average molecular weight is 358 g/mol. The number of aromatic amines is 1. The van der Waals surface area contributed by atoms with Crippen LogP contribution in [0.4, 0.5) is 0 Å². The van der Waals surface area contributed by atoms with Crippen molar-refractivity contribution in [2.75, 3.05) is 19.3 Å². The van der Waals surface area contributed by atoms with E-state index in [4.69, 9.17) is 11.6 Å². The summed E-state index contributed by atoms with van der Waals surface area (Å²) < 4.78 is 25.0. The van der Waals surface area contributed by atoms with Crippen LogP contribution in [0.1, 0.15) is 18.0 Å². The number of halogens is 1. The normalized spacial score (nSPS) is 18.5. The van der Waals surface area contributed by atoms with Crippen LogP contribution >= 0.6 is 11.6 Å². The van der Waals surface area contributed by atoms with Gasteiger partial charge in [-0.2, -0.15) is 10.2 Å². The third-order valence-corrected chi connectivity index (χ3v) is 5.20. The lowest BCUT2D eigenvalue weighted by Gasteiger charge is -2.16. The maximum atomic E-state index is 12.3. The molecule has 10 heteroatoms. The molecule has 23 heavy (non-hydrogen) atoms. The molecule has 0 aliphatic carbocycles. The molecule has 0 bridgehead atoms. The van der Waals surface area contributed by atoms with Gasteiger partial charge >= 0.3 is 0 Å². The predicted octanol–water partition coefficient (Wildman–Crippen LogP) is 0.679. The molecule has 0 unspecified atom stereocenters. The Balaban J connectivity index is 1.69. The molecule has 3 heterocycles. The number of hydrogen-bond donors (Lipinski definition) is 1. The average Bonchev–Trinajstić information content (AvgIpc) is 3.15. The van der Waals surface area contributed by atoms with Gasteiger partial charge < -0.3 is 4.90 Å². The first-order valence-corrected chi connectivity index (χ1v) is 9.30. The lowest BCUT2D eigenvalue weighted by Crippen LogP contribution is -2.32. The van der Waals surface area contributed by atoms with E-state index in [0.717, 1.165) is 6.26 Å². The molecular weight excluding hydrogens is 342 g/mol. The Kier molecular flexibility index (Phi) is 4.15. The van der Waals surface area contributed by atoms with Crippen LogP contribution in [0.15, 0.2) is 23.5 Å². The highest BCUT2D eigenvalue weighted by Gasteiger charge is 2.31. The van der Waals surface area contributed by atoms with E-state index in [2.05, 4.69) is 15.3 Å². The van der Waals surface area contributed by atoms with E-state index in [-0.39, 0.29) is 23.3 Å². The summed E-state index contributed by atoms with van der Waals surface area (Å²) in [6.45, 7) is 1.14. The highest BCUT2D eigenvalue weighted by Crippen LogP contribution is 2.30. The molecular formula is C13H16ClN5O3S. The van der Waals surface area contributed by atoms with Gasteiger partial charge in [-0.05, 0) is 6.42 Å². The summed E-state index contributed by atoms with van der Waals surface area (Å²) in [6, 6.07) is 0. The first-order chi connectivity index (χ1) is 10.8. The SMILES string of the molecule is CS(=O)(=O)c1cn[nH]c1[C@H]1CCN(C(=O)Cn2cc(Cl)cn2)C1. The van der Waals surface area contributed by atoms with E-state index in [9.17, 15) is 13.2 Å². The monoisotopic (exact) mass is 357 g/mol. The maximum Gasteiger partial charge on any atom is 0.244 e. The maximum absolute atomic E-state index is 12.3. The van der Waals surface area contributed by atoms with Crippen LogP contribution in [0.2, 0.25) is 5.02 Å². The zero-order valence-corrected chi connectivity index (χ0v) is 14.0. The molecule has 1 N–H and O–H groups in total. The number of sulfone groups is 1. The Bertz CT molecular complexity index is 828. The fourth-order valence-electron chi connectivity index (χ4n) is 2.76. The Morgan fingerprint density at radius 1 is 1.48 bits per heavy atom. The van der Waals surface area contributed by atoms with Gasteiger partial charge in [0, 0.05) is 31.5 Å². The van der Waals surface area contributed by atoms with Crippen molar-refractivity contribution in [3.8, 4) is 0 Å². The van der Waals surface area contributed by atoms with Crippen molar-refractivity contribution in [2.24, 2.45) is 0 Å². The second-order valence-corrected chi connectivity index (χ2v) is 8.02. The number of nitrogens with one attached hydrogen (secondary N) is 1. The van der Waals surface area contributed by atoms with Gasteiger partial charge in [0.25, 0.3) is 0 Å². The fraction of sp³-hybridized carbons (Fsp3) is 0.462. The molecule has 3 rings (SSSR count). The van der Waals surface area contributed by atoms with E-state index in [1.807, 2.05) is 0 Å². The van der Waals surface area contributed by atoms with Gasteiger partial charge in [-0.1, -0.05) is 11.6 Å². The number of rotatable bonds is 4. The molecule has 8 nitrogen and oxygen atoms in total. The molecule has 0 saturated carbocycles. The molecule has 0 radical (unpaired) electrons. The lowest BCUT2D eigenvalue weighted by molar-refractivity contribution is -0.131. The van der Waals surface area contributed by atoms with Crippen LogP contribution < -0.4 is 0 Å². The van der Waals surface area contributed by atoms with Crippen molar-refractivity contribution in [3.05, 3.63) is 29.3 Å². The van der Waals surface area contributed by atoms with Gasteiger partial charge in [0.05, 0.1) is 23.1 Å². The van der Waals surface area contributed by atoms with Crippen molar-refractivity contribution in [1.82, 2.24) is 24.9 Å². The summed E-state index contributed by atoms with van der Waals surface area (Å²) in [7, 11) is -3.34. The Hall–Kier alpha value is -1.87. The van der Waals surface area contributed by atoms with Crippen molar-refractivity contribution in [2.45, 2.75) is 23.8 Å². The first-order valence-electron chi connectivity index (χ1n) is 7.03. The summed E-state index contributed by atoms with van der Waals surface area (Å²) in [6.07, 6.45) is 6.23. The molecule has 1 aliphatic rings. The van der Waals surface area contributed by atoms with Gasteiger partial charge in [0.2, 0.25) is 5.91 Å². The number of nitrogens with zero attached hydrogens (tertiary/aromatic N) is 4. The van der Waals surface area contributed by atoms with E-state index in [1.165, 1.54) is 17.1 Å². The number of hydrogen-bond acceptors (Lipinski definition) is 5. The molecule has 2 aromatic rings. The number of carbonyl (C=O) groups excluding carboxylic acids is 1. The minimum absolute atomic E-state index is 0.0626. The highest BCUT2D eigenvalue weighted by molar-refractivity contribution is 7.90. The number of likely N-dealkylation sites (tertiary alicyclic amines) is 1. The van der Waals surface area contributed by atoms with E-state index in [1.54, 1.807) is 11.1 Å². The van der Waals surface area contributed by atoms with Crippen LogP contribution in [0, 0.1) is 0 Å². The Labute approximate surface area is 138 Å². The molecule has 2 aromatic heterocycles. The largest absolute Gasteiger partial charge is 0.340 e. The number of carbonyl (C=O) groups is 1. The Morgan fingerprint density at radius 3 is 2.91 bits per heavy atom. The fourth-order valence-corrected chi connectivity index (χ4v) is 3.77. The molecule has 1 aliphatic heterocycles. The van der Waals surface area contributed by atoms with Crippen LogP contribution in [0.3, 0.4) is 0 Å². The van der Waals surface area contributed by atoms with Gasteiger partial charge in [0.15, 0.2) is 9.84 Å².